The Morgan fingerprint density at radius 3 is 2.10 bits per heavy atom. The fourth-order valence-corrected chi connectivity index (χ4v) is 2.42. The van der Waals surface area contributed by atoms with Gasteiger partial charge in [0.25, 0.3) is 0 Å². The summed E-state index contributed by atoms with van der Waals surface area (Å²) in [5, 5.41) is 0. The molecule has 2 rings (SSSR count). The molecule has 1 aromatic rings. The van der Waals surface area contributed by atoms with Crippen molar-refractivity contribution in [2.24, 2.45) is 5.41 Å². The Morgan fingerprint density at radius 1 is 1.10 bits per heavy atom. The van der Waals surface area contributed by atoms with Crippen LogP contribution in [0.5, 0.6) is 0 Å². The Kier molecular flexibility index (Phi) is 3.68. The maximum atomic E-state index is 12.9. The molecule has 1 aromatic heterocycles. The minimum atomic E-state index is -5.34. The van der Waals surface area contributed by atoms with Crippen LogP contribution in [0.4, 0.5) is 32.2 Å². The summed E-state index contributed by atoms with van der Waals surface area (Å²) < 4.78 is 77.9. The van der Waals surface area contributed by atoms with Crippen molar-refractivity contribution in [3.8, 4) is 0 Å². The monoisotopic (exact) mass is 362 g/mol. The van der Waals surface area contributed by atoms with E-state index in [1.165, 1.54) is 18.3 Å². The third-order valence-electron chi connectivity index (χ3n) is 3.39. The van der Waals surface area contributed by atoms with Crippen LogP contribution >= 0.6 is 15.9 Å². The molecule has 1 aliphatic heterocycles. The number of hydrogen-bond acceptors (Lipinski definition) is 2. The number of pyridine rings is 1. The van der Waals surface area contributed by atoms with E-state index in [1.54, 1.807) is 0 Å². The molecule has 1 saturated heterocycles. The largest absolute Gasteiger partial charge is 0.404 e. The van der Waals surface area contributed by atoms with Crippen LogP contribution in [0.2, 0.25) is 0 Å². The van der Waals surface area contributed by atoms with Gasteiger partial charge in [0.15, 0.2) is 5.41 Å². The fraction of sp³-hybridized carbons (Fsp3) is 0.545. The molecule has 1 aliphatic rings. The lowest BCUT2D eigenvalue weighted by Crippen LogP contribution is -2.51. The summed E-state index contributed by atoms with van der Waals surface area (Å²) in [5.74, 6) is 0.101. The molecule has 0 N–H and O–H groups in total. The number of rotatable bonds is 1. The van der Waals surface area contributed by atoms with Gasteiger partial charge in [-0.25, -0.2) is 4.98 Å². The van der Waals surface area contributed by atoms with E-state index >= 15 is 0 Å². The molecule has 1 fully saturated rings. The number of alkyl halides is 6. The molecule has 2 heterocycles. The molecule has 0 spiro atoms. The van der Waals surface area contributed by atoms with E-state index in [-0.39, 0.29) is 12.4 Å². The van der Waals surface area contributed by atoms with Crippen LogP contribution in [0.1, 0.15) is 6.42 Å². The van der Waals surface area contributed by atoms with Crippen LogP contribution in [0.25, 0.3) is 0 Å². The first-order chi connectivity index (χ1) is 9.07. The first-order valence-electron chi connectivity index (χ1n) is 5.57. The zero-order valence-corrected chi connectivity index (χ0v) is 11.5. The smallest absolute Gasteiger partial charge is 0.355 e. The van der Waals surface area contributed by atoms with Crippen molar-refractivity contribution in [3.63, 3.8) is 0 Å². The lowest BCUT2D eigenvalue weighted by molar-refractivity contribution is -0.332. The molecule has 0 atom stereocenters. The zero-order chi connectivity index (χ0) is 15.2. The number of anilines is 1. The number of aromatic nitrogens is 1. The molecule has 0 unspecified atom stereocenters. The molecule has 0 aromatic carbocycles. The van der Waals surface area contributed by atoms with Crippen molar-refractivity contribution in [2.75, 3.05) is 18.0 Å². The number of nitrogens with zero attached hydrogens (tertiary/aromatic N) is 2. The molecule has 0 amide bonds. The van der Waals surface area contributed by atoms with E-state index in [9.17, 15) is 26.3 Å². The molecule has 0 radical (unpaired) electrons. The second-order valence-electron chi connectivity index (χ2n) is 4.58. The van der Waals surface area contributed by atoms with Crippen LogP contribution in [0.15, 0.2) is 22.8 Å². The average molecular weight is 363 g/mol. The van der Waals surface area contributed by atoms with Gasteiger partial charge in [0.1, 0.15) is 5.82 Å². The van der Waals surface area contributed by atoms with Gasteiger partial charge in [-0.3, -0.25) is 0 Å². The molecule has 9 heteroatoms. The van der Waals surface area contributed by atoms with Crippen molar-refractivity contribution in [2.45, 2.75) is 18.8 Å². The Balaban J connectivity index is 2.31. The van der Waals surface area contributed by atoms with E-state index < -0.39 is 30.7 Å². The number of halogens is 7. The van der Waals surface area contributed by atoms with Crippen molar-refractivity contribution < 1.29 is 26.3 Å². The first kappa shape index (κ1) is 15.4. The van der Waals surface area contributed by atoms with Gasteiger partial charge in [0, 0.05) is 23.8 Å². The van der Waals surface area contributed by atoms with Gasteiger partial charge in [-0.1, -0.05) is 0 Å². The molecule has 0 saturated carbocycles. The third kappa shape index (κ3) is 2.47. The minimum absolute atomic E-state index is 0.101. The molecule has 0 aliphatic carbocycles. The van der Waals surface area contributed by atoms with Gasteiger partial charge in [-0.05, 0) is 34.5 Å². The topological polar surface area (TPSA) is 16.1 Å². The molecule has 0 bridgehead atoms. The van der Waals surface area contributed by atoms with Crippen LogP contribution < -0.4 is 4.90 Å². The van der Waals surface area contributed by atoms with Gasteiger partial charge >= 0.3 is 12.4 Å². The van der Waals surface area contributed by atoms with Gasteiger partial charge in [-0.15, -0.1) is 0 Å². The van der Waals surface area contributed by atoms with Crippen LogP contribution in [-0.4, -0.2) is 30.4 Å². The highest BCUT2D eigenvalue weighted by molar-refractivity contribution is 9.10. The summed E-state index contributed by atoms with van der Waals surface area (Å²) in [5.41, 5.74) is -3.69. The molecule has 2 nitrogen and oxygen atoms in total. The van der Waals surface area contributed by atoms with Crippen molar-refractivity contribution >= 4 is 21.7 Å². The standard InChI is InChI=1S/C11H9BrF6N2/c12-7-1-2-8(19-5-7)20-4-3-9(6-20,10(13,14)15)11(16,17)18/h1-2,5H,3-4,6H2. The fourth-order valence-electron chi connectivity index (χ4n) is 2.18. The van der Waals surface area contributed by atoms with Crippen LogP contribution in [0, 0.1) is 5.41 Å². The van der Waals surface area contributed by atoms with Crippen molar-refractivity contribution in [1.82, 2.24) is 4.98 Å². The van der Waals surface area contributed by atoms with E-state index in [2.05, 4.69) is 20.9 Å². The Bertz CT molecular complexity index is 467. The van der Waals surface area contributed by atoms with Gasteiger partial charge in [-0.2, -0.15) is 26.3 Å². The lowest BCUT2D eigenvalue weighted by atomic mass is 9.85. The Hall–Kier alpha value is -0.990. The van der Waals surface area contributed by atoms with E-state index in [0.717, 1.165) is 4.90 Å². The summed E-state index contributed by atoms with van der Waals surface area (Å²) in [6.07, 6.45) is -10.4. The predicted octanol–water partition coefficient (Wildman–Crippen LogP) is 4.17. The molecular formula is C11H9BrF6N2. The van der Waals surface area contributed by atoms with E-state index in [0.29, 0.717) is 4.47 Å². The molecule has 20 heavy (non-hydrogen) atoms. The summed E-state index contributed by atoms with van der Waals surface area (Å²) in [6.45, 7) is -1.50. The summed E-state index contributed by atoms with van der Waals surface area (Å²) in [4.78, 5) is 4.84. The summed E-state index contributed by atoms with van der Waals surface area (Å²) >= 11 is 3.10. The highest BCUT2D eigenvalue weighted by Gasteiger charge is 2.72. The molecular weight excluding hydrogens is 354 g/mol. The third-order valence-corrected chi connectivity index (χ3v) is 3.86. The van der Waals surface area contributed by atoms with Crippen LogP contribution in [0.3, 0.4) is 0 Å². The number of hydrogen-bond donors (Lipinski definition) is 0. The summed E-state index contributed by atoms with van der Waals surface area (Å²) in [6, 6.07) is 2.90. The van der Waals surface area contributed by atoms with Gasteiger partial charge in [0.2, 0.25) is 0 Å². The van der Waals surface area contributed by atoms with E-state index in [1.807, 2.05) is 0 Å². The Morgan fingerprint density at radius 2 is 1.70 bits per heavy atom. The maximum absolute atomic E-state index is 12.9. The highest BCUT2D eigenvalue weighted by atomic mass is 79.9. The van der Waals surface area contributed by atoms with Crippen molar-refractivity contribution in [3.05, 3.63) is 22.8 Å². The normalized spacial score (nSPS) is 19.4. The second kappa shape index (κ2) is 4.78. The first-order valence-corrected chi connectivity index (χ1v) is 6.36. The predicted molar refractivity (Wildman–Crippen MR) is 63.3 cm³/mol. The maximum Gasteiger partial charge on any atom is 0.404 e. The molecule has 112 valence electrons. The van der Waals surface area contributed by atoms with Gasteiger partial charge < -0.3 is 4.90 Å². The van der Waals surface area contributed by atoms with Crippen LogP contribution in [-0.2, 0) is 0 Å². The Labute approximate surface area is 118 Å². The highest BCUT2D eigenvalue weighted by Crippen LogP contribution is 2.55. The van der Waals surface area contributed by atoms with Crippen molar-refractivity contribution in [1.29, 1.82) is 0 Å². The minimum Gasteiger partial charge on any atom is -0.355 e. The van der Waals surface area contributed by atoms with Gasteiger partial charge in [0.05, 0.1) is 0 Å². The van der Waals surface area contributed by atoms with E-state index in [4.69, 9.17) is 0 Å². The summed E-state index contributed by atoms with van der Waals surface area (Å²) in [7, 11) is 0. The zero-order valence-electron chi connectivity index (χ0n) is 9.89. The lowest BCUT2D eigenvalue weighted by Gasteiger charge is -2.33. The SMILES string of the molecule is FC(F)(F)C1(C(F)(F)F)CCN(c2ccc(Br)cn2)C1. The second-order valence-corrected chi connectivity index (χ2v) is 5.50. The quantitative estimate of drug-likeness (QED) is 0.697. The average Bonchev–Trinajstić information content (AvgIpc) is 2.74.